The lowest BCUT2D eigenvalue weighted by Crippen LogP contribution is -2.36. The minimum atomic E-state index is -0.561. The lowest BCUT2D eigenvalue weighted by Gasteiger charge is -2.32. The first-order chi connectivity index (χ1) is 12.4. The van der Waals surface area contributed by atoms with Crippen molar-refractivity contribution in [2.75, 3.05) is 11.9 Å². The quantitative estimate of drug-likeness (QED) is 0.602. The Morgan fingerprint density at radius 3 is 3.04 bits per heavy atom. The molecule has 0 aliphatic carbocycles. The second kappa shape index (κ2) is 8.11. The van der Waals surface area contributed by atoms with Crippen LogP contribution in [-0.4, -0.2) is 33.3 Å². The van der Waals surface area contributed by atoms with E-state index in [1.54, 1.807) is 6.20 Å². The van der Waals surface area contributed by atoms with Crippen LogP contribution in [0.1, 0.15) is 41.4 Å². The van der Waals surface area contributed by atoms with Crippen molar-refractivity contribution in [1.29, 1.82) is 0 Å². The van der Waals surface area contributed by atoms with E-state index in [9.17, 15) is 14.9 Å². The highest BCUT2D eigenvalue weighted by molar-refractivity contribution is 7.15. The molecule has 0 radical (unpaired) electrons. The van der Waals surface area contributed by atoms with Gasteiger partial charge in [0.05, 0.1) is 15.5 Å². The molecule has 0 bridgehead atoms. The summed E-state index contributed by atoms with van der Waals surface area (Å²) >= 11 is 7.41. The number of thiazole rings is 1. The summed E-state index contributed by atoms with van der Waals surface area (Å²) in [6, 6.07) is 4.33. The van der Waals surface area contributed by atoms with Gasteiger partial charge in [-0.3, -0.25) is 25.1 Å². The Bertz CT molecular complexity index is 826. The summed E-state index contributed by atoms with van der Waals surface area (Å²) in [6.07, 6.45) is 5.44. The Morgan fingerprint density at radius 1 is 1.50 bits per heavy atom. The third-order valence-corrected chi connectivity index (χ3v) is 5.71. The number of nitrogens with zero attached hydrogens (tertiary/aromatic N) is 3. The molecule has 1 fully saturated rings. The van der Waals surface area contributed by atoms with Gasteiger partial charge in [-0.25, -0.2) is 4.98 Å². The molecule has 1 atom stereocenters. The molecule has 1 saturated heterocycles. The van der Waals surface area contributed by atoms with Crippen molar-refractivity contribution in [3.8, 4) is 0 Å². The molecule has 1 aliphatic heterocycles. The summed E-state index contributed by atoms with van der Waals surface area (Å²) in [5.74, 6) is -0.508. The number of amides is 1. The van der Waals surface area contributed by atoms with E-state index in [2.05, 4.69) is 22.1 Å². The summed E-state index contributed by atoms with van der Waals surface area (Å²) in [4.78, 5) is 30.4. The van der Waals surface area contributed by atoms with Crippen molar-refractivity contribution in [3.63, 3.8) is 0 Å². The molecule has 9 heteroatoms. The van der Waals surface area contributed by atoms with E-state index in [0.717, 1.165) is 18.0 Å². The Balaban J connectivity index is 1.68. The SMILES string of the molecule is CC1CCCCN1Cc1cnc(NC(=O)c2cc([N+](=O)[O-])ccc2Cl)s1. The fourth-order valence-electron chi connectivity index (χ4n) is 3.00. The van der Waals surface area contributed by atoms with Crippen LogP contribution in [0.15, 0.2) is 24.4 Å². The van der Waals surface area contributed by atoms with Crippen LogP contribution < -0.4 is 5.32 Å². The van der Waals surface area contributed by atoms with E-state index >= 15 is 0 Å². The number of aromatic nitrogens is 1. The molecule has 3 rings (SSSR count). The average Bonchev–Trinajstić information content (AvgIpc) is 3.04. The summed E-state index contributed by atoms with van der Waals surface area (Å²) in [6.45, 7) is 4.11. The van der Waals surface area contributed by atoms with Gasteiger partial charge in [-0.05, 0) is 32.4 Å². The maximum atomic E-state index is 12.4. The zero-order chi connectivity index (χ0) is 18.7. The van der Waals surface area contributed by atoms with Crippen molar-refractivity contribution in [3.05, 3.63) is 50.0 Å². The number of benzene rings is 1. The number of rotatable bonds is 5. The predicted octanol–water partition coefficient (Wildman–Crippen LogP) is 4.33. The van der Waals surface area contributed by atoms with Crippen LogP contribution in [0.25, 0.3) is 0 Å². The van der Waals surface area contributed by atoms with Crippen LogP contribution in [0, 0.1) is 10.1 Å². The number of hydrogen-bond donors (Lipinski definition) is 1. The van der Waals surface area contributed by atoms with Gasteiger partial charge in [0.1, 0.15) is 0 Å². The Hall–Kier alpha value is -2.03. The maximum Gasteiger partial charge on any atom is 0.270 e. The largest absolute Gasteiger partial charge is 0.298 e. The molecule has 0 spiro atoms. The Labute approximate surface area is 160 Å². The molecule has 2 heterocycles. The van der Waals surface area contributed by atoms with Gasteiger partial charge in [-0.15, -0.1) is 11.3 Å². The van der Waals surface area contributed by atoms with Crippen LogP contribution in [0.5, 0.6) is 0 Å². The first kappa shape index (κ1) is 18.8. The highest BCUT2D eigenvalue weighted by Gasteiger charge is 2.20. The number of carbonyl (C=O) groups excluding carboxylic acids is 1. The molecule has 2 aromatic rings. The van der Waals surface area contributed by atoms with Crippen molar-refractivity contribution >= 4 is 39.7 Å². The number of carbonyl (C=O) groups is 1. The number of nitro benzene ring substituents is 1. The molecule has 1 aromatic carbocycles. The van der Waals surface area contributed by atoms with E-state index in [-0.39, 0.29) is 16.3 Å². The maximum absolute atomic E-state index is 12.4. The zero-order valence-corrected chi connectivity index (χ0v) is 15.8. The first-order valence-electron chi connectivity index (χ1n) is 8.38. The van der Waals surface area contributed by atoms with Gasteiger partial charge < -0.3 is 0 Å². The summed E-state index contributed by atoms with van der Waals surface area (Å²) in [5, 5.41) is 14.2. The van der Waals surface area contributed by atoms with E-state index in [1.807, 2.05) is 0 Å². The van der Waals surface area contributed by atoms with Gasteiger partial charge >= 0.3 is 0 Å². The van der Waals surface area contributed by atoms with E-state index in [1.165, 1.54) is 48.8 Å². The van der Waals surface area contributed by atoms with Crippen LogP contribution in [0.4, 0.5) is 10.8 Å². The third-order valence-electron chi connectivity index (χ3n) is 4.48. The number of likely N-dealkylation sites (tertiary alicyclic amines) is 1. The van der Waals surface area contributed by atoms with Crippen molar-refractivity contribution in [2.24, 2.45) is 0 Å². The predicted molar refractivity (Wildman–Crippen MR) is 102 cm³/mol. The molecule has 1 N–H and O–H groups in total. The van der Waals surface area contributed by atoms with Gasteiger partial charge in [-0.2, -0.15) is 0 Å². The number of non-ortho nitro benzene ring substituents is 1. The topological polar surface area (TPSA) is 88.4 Å². The minimum Gasteiger partial charge on any atom is -0.298 e. The van der Waals surface area contributed by atoms with E-state index in [4.69, 9.17) is 11.6 Å². The fraction of sp³-hybridized carbons (Fsp3) is 0.412. The fourth-order valence-corrected chi connectivity index (χ4v) is 4.03. The second-order valence-corrected chi connectivity index (χ2v) is 7.84. The number of anilines is 1. The van der Waals surface area contributed by atoms with Gasteiger partial charge in [0.2, 0.25) is 0 Å². The third kappa shape index (κ3) is 4.38. The minimum absolute atomic E-state index is 0.0577. The summed E-state index contributed by atoms with van der Waals surface area (Å²) in [5.41, 5.74) is -0.124. The second-order valence-electron chi connectivity index (χ2n) is 6.32. The highest BCUT2D eigenvalue weighted by atomic mass is 35.5. The number of hydrogen-bond acceptors (Lipinski definition) is 6. The summed E-state index contributed by atoms with van der Waals surface area (Å²) in [7, 11) is 0. The number of piperidine rings is 1. The molecular weight excluding hydrogens is 376 g/mol. The lowest BCUT2D eigenvalue weighted by atomic mass is 10.0. The van der Waals surface area contributed by atoms with Gasteiger partial charge in [-0.1, -0.05) is 18.0 Å². The molecule has 1 amide bonds. The molecule has 1 aliphatic rings. The number of halogens is 1. The summed E-state index contributed by atoms with van der Waals surface area (Å²) < 4.78 is 0. The standard InChI is InChI=1S/C17H19ClN4O3S/c1-11-4-2-3-7-21(11)10-13-9-19-17(26-13)20-16(23)14-8-12(22(24)25)5-6-15(14)18/h5-6,8-9,11H,2-4,7,10H2,1H3,(H,19,20,23). The first-order valence-corrected chi connectivity index (χ1v) is 9.57. The van der Waals surface area contributed by atoms with Crippen LogP contribution in [-0.2, 0) is 6.54 Å². The van der Waals surface area contributed by atoms with Crippen LogP contribution in [0.2, 0.25) is 5.02 Å². The number of nitrogens with one attached hydrogen (secondary N) is 1. The van der Waals surface area contributed by atoms with Crippen molar-refractivity contribution < 1.29 is 9.72 Å². The molecule has 26 heavy (non-hydrogen) atoms. The molecule has 1 unspecified atom stereocenters. The number of nitro groups is 1. The zero-order valence-electron chi connectivity index (χ0n) is 14.3. The van der Waals surface area contributed by atoms with Crippen molar-refractivity contribution in [1.82, 2.24) is 9.88 Å². The smallest absolute Gasteiger partial charge is 0.270 e. The monoisotopic (exact) mass is 394 g/mol. The van der Waals surface area contributed by atoms with E-state index in [0.29, 0.717) is 11.2 Å². The Kier molecular flexibility index (Phi) is 5.85. The average molecular weight is 395 g/mol. The van der Waals surface area contributed by atoms with Crippen molar-refractivity contribution in [2.45, 2.75) is 38.8 Å². The molecular formula is C17H19ClN4O3S. The van der Waals surface area contributed by atoms with Gasteiger partial charge in [0.15, 0.2) is 5.13 Å². The van der Waals surface area contributed by atoms with Gasteiger partial charge in [0, 0.05) is 35.8 Å². The lowest BCUT2D eigenvalue weighted by molar-refractivity contribution is -0.384. The Morgan fingerprint density at radius 2 is 2.31 bits per heavy atom. The van der Waals surface area contributed by atoms with Crippen LogP contribution >= 0.6 is 22.9 Å². The molecule has 7 nitrogen and oxygen atoms in total. The molecule has 0 saturated carbocycles. The molecule has 138 valence electrons. The van der Waals surface area contributed by atoms with Gasteiger partial charge in [0.25, 0.3) is 11.6 Å². The molecule has 1 aromatic heterocycles. The van der Waals surface area contributed by atoms with E-state index < -0.39 is 10.8 Å². The normalized spacial score (nSPS) is 17.8. The van der Waals surface area contributed by atoms with Crippen LogP contribution in [0.3, 0.4) is 0 Å². The highest BCUT2D eigenvalue weighted by Crippen LogP contribution is 2.26.